The number of halogens is 2. The van der Waals surface area contributed by atoms with E-state index in [4.69, 9.17) is 0 Å². The van der Waals surface area contributed by atoms with Gasteiger partial charge in [-0.15, -0.1) is 0 Å². The molecule has 0 saturated carbocycles. The summed E-state index contributed by atoms with van der Waals surface area (Å²) in [5, 5.41) is 7.24. The minimum atomic E-state index is -0.785. The van der Waals surface area contributed by atoms with Crippen molar-refractivity contribution >= 4 is 39.2 Å². The Morgan fingerprint density at radius 1 is 1.05 bits per heavy atom. The number of para-hydroxylation sites is 1. The Labute approximate surface area is 135 Å². The van der Waals surface area contributed by atoms with Gasteiger partial charge in [0.1, 0.15) is 5.82 Å². The Morgan fingerprint density at radius 2 is 1.73 bits per heavy atom. The summed E-state index contributed by atoms with van der Waals surface area (Å²) in [6.45, 7) is -0.0771. The number of hydrogen-bond acceptors (Lipinski definition) is 3. The van der Waals surface area contributed by atoms with Crippen molar-refractivity contribution in [1.82, 2.24) is 5.32 Å². The highest BCUT2D eigenvalue weighted by atomic mass is 79.9. The Balaban J connectivity index is 1.80. The van der Waals surface area contributed by atoms with Crippen LogP contribution in [-0.4, -0.2) is 18.5 Å². The van der Waals surface area contributed by atoms with Crippen molar-refractivity contribution in [3.8, 4) is 0 Å². The van der Waals surface area contributed by atoms with E-state index in [0.29, 0.717) is 0 Å². The highest BCUT2D eigenvalue weighted by molar-refractivity contribution is 9.10. The smallest absolute Gasteiger partial charge is 0.326 e. The van der Waals surface area contributed by atoms with Crippen molar-refractivity contribution in [1.29, 1.82) is 0 Å². The molecule has 0 heterocycles. The number of anilines is 2. The summed E-state index contributed by atoms with van der Waals surface area (Å²) >= 11 is 3.30. The number of nitrogens with one attached hydrogen (secondary N) is 3. The van der Waals surface area contributed by atoms with Crippen molar-refractivity contribution in [2.75, 3.05) is 17.2 Å². The predicted octanol–water partition coefficient (Wildman–Crippen LogP) is 3.35. The first-order valence-electron chi connectivity index (χ1n) is 6.39. The Hall–Kier alpha value is -2.41. The molecule has 0 bridgehead atoms. The van der Waals surface area contributed by atoms with Gasteiger partial charge in [0.25, 0.3) is 0 Å². The lowest BCUT2D eigenvalue weighted by molar-refractivity contribution is -0.118. The standard InChI is InChI=1S/C15H13BrFN3O2/c16-10-5-7-11(8-6-10)18-9-14(21)20-15(22)19-13-4-2-1-3-12(13)17/h1-8,18H,9H2,(H2,19,20,21,22). The maximum absolute atomic E-state index is 13.3. The summed E-state index contributed by atoms with van der Waals surface area (Å²) in [4.78, 5) is 23.2. The van der Waals surface area contributed by atoms with Gasteiger partial charge in [-0.2, -0.15) is 0 Å². The molecule has 22 heavy (non-hydrogen) atoms. The van der Waals surface area contributed by atoms with Crippen LogP contribution in [0.1, 0.15) is 0 Å². The van der Waals surface area contributed by atoms with Gasteiger partial charge >= 0.3 is 6.03 Å². The second-order valence-electron chi connectivity index (χ2n) is 4.34. The molecule has 0 unspecified atom stereocenters. The van der Waals surface area contributed by atoms with Gasteiger partial charge in [0, 0.05) is 10.2 Å². The fourth-order valence-corrected chi connectivity index (χ4v) is 1.90. The molecule has 3 N–H and O–H groups in total. The van der Waals surface area contributed by atoms with Gasteiger partial charge in [-0.1, -0.05) is 28.1 Å². The summed E-state index contributed by atoms with van der Waals surface area (Å²) in [6, 6.07) is 12.1. The quantitative estimate of drug-likeness (QED) is 0.777. The SMILES string of the molecule is O=C(CNc1ccc(Br)cc1)NC(=O)Nc1ccccc1F. The number of rotatable bonds is 4. The van der Waals surface area contributed by atoms with Gasteiger partial charge in [-0.05, 0) is 36.4 Å². The number of amides is 3. The molecule has 2 rings (SSSR count). The first-order valence-corrected chi connectivity index (χ1v) is 7.19. The fourth-order valence-electron chi connectivity index (χ4n) is 1.64. The highest BCUT2D eigenvalue weighted by Crippen LogP contribution is 2.14. The summed E-state index contributed by atoms with van der Waals surface area (Å²) in [5.74, 6) is -1.10. The van der Waals surface area contributed by atoms with E-state index in [1.54, 1.807) is 18.2 Å². The number of carbonyl (C=O) groups is 2. The molecule has 0 atom stereocenters. The zero-order valence-corrected chi connectivity index (χ0v) is 13.0. The molecule has 3 amide bonds. The Kier molecular flexibility index (Phi) is 5.48. The number of carbonyl (C=O) groups excluding carboxylic acids is 2. The van der Waals surface area contributed by atoms with Crippen molar-refractivity contribution < 1.29 is 14.0 Å². The summed E-state index contributed by atoms with van der Waals surface area (Å²) < 4.78 is 14.3. The molecule has 7 heteroatoms. The molecule has 0 aromatic heterocycles. The number of benzene rings is 2. The molecule has 0 aliphatic heterocycles. The number of hydrogen-bond donors (Lipinski definition) is 3. The third-order valence-electron chi connectivity index (χ3n) is 2.67. The summed E-state index contributed by atoms with van der Waals surface area (Å²) in [7, 11) is 0. The minimum absolute atomic E-state index is 0.00803. The first-order chi connectivity index (χ1) is 10.5. The van der Waals surface area contributed by atoms with Crippen molar-refractivity contribution in [3.63, 3.8) is 0 Å². The van der Waals surface area contributed by atoms with Gasteiger partial charge in [0.15, 0.2) is 0 Å². The van der Waals surface area contributed by atoms with Gasteiger partial charge in [0.2, 0.25) is 5.91 Å². The van der Waals surface area contributed by atoms with E-state index in [1.807, 2.05) is 12.1 Å². The van der Waals surface area contributed by atoms with Crippen molar-refractivity contribution in [3.05, 3.63) is 58.8 Å². The van der Waals surface area contributed by atoms with Crippen LogP contribution in [0.25, 0.3) is 0 Å². The van der Waals surface area contributed by atoms with Gasteiger partial charge in [-0.25, -0.2) is 9.18 Å². The molecule has 5 nitrogen and oxygen atoms in total. The molecule has 0 radical (unpaired) electrons. The van der Waals surface area contributed by atoms with Crippen LogP contribution in [0.2, 0.25) is 0 Å². The molecular weight excluding hydrogens is 353 g/mol. The van der Waals surface area contributed by atoms with E-state index >= 15 is 0 Å². The number of urea groups is 1. The van der Waals surface area contributed by atoms with Crippen LogP contribution in [0.3, 0.4) is 0 Å². The van der Waals surface area contributed by atoms with Crippen LogP contribution in [0.5, 0.6) is 0 Å². The first kappa shape index (κ1) is 16.0. The van der Waals surface area contributed by atoms with E-state index < -0.39 is 17.8 Å². The lowest BCUT2D eigenvalue weighted by Crippen LogP contribution is -2.38. The summed E-state index contributed by atoms with van der Waals surface area (Å²) in [5.41, 5.74) is 0.751. The molecule has 2 aromatic rings. The predicted molar refractivity (Wildman–Crippen MR) is 86.2 cm³/mol. The third kappa shape index (κ3) is 4.85. The molecule has 0 saturated heterocycles. The van der Waals surface area contributed by atoms with Crippen LogP contribution in [0, 0.1) is 5.82 Å². The van der Waals surface area contributed by atoms with Crippen molar-refractivity contribution in [2.24, 2.45) is 0 Å². The maximum Gasteiger partial charge on any atom is 0.326 e. The largest absolute Gasteiger partial charge is 0.376 e. The summed E-state index contributed by atoms with van der Waals surface area (Å²) in [6.07, 6.45) is 0. The van der Waals surface area contributed by atoms with Gasteiger partial charge in [-0.3, -0.25) is 10.1 Å². The van der Waals surface area contributed by atoms with Crippen LogP contribution < -0.4 is 16.0 Å². The topological polar surface area (TPSA) is 70.2 Å². The molecule has 0 spiro atoms. The van der Waals surface area contributed by atoms with Crippen molar-refractivity contribution in [2.45, 2.75) is 0 Å². The van der Waals surface area contributed by atoms with Gasteiger partial charge < -0.3 is 10.6 Å². The van der Waals surface area contributed by atoms with E-state index in [9.17, 15) is 14.0 Å². The zero-order chi connectivity index (χ0) is 15.9. The second-order valence-corrected chi connectivity index (χ2v) is 5.26. The fraction of sp³-hybridized carbons (Fsp3) is 0.0667. The minimum Gasteiger partial charge on any atom is -0.376 e. The molecular formula is C15H13BrFN3O2. The molecule has 0 fully saturated rings. The lowest BCUT2D eigenvalue weighted by Gasteiger charge is -2.09. The molecule has 0 aliphatic carbocycles. The average Bonchev–Trinajstić information content (AvgIpc) is 2.49. The van der Waals surface area contributed by atoms with Crippen LogP contribution >= 0.6 is 15.9 Å². The average molecular weight is 366 g/mol. The maximum atomic E-state index is 13.3. The Morgan fingerprint density at radius 3 is 2.41 bits per heavy atom. The van der Waals surface area contributed by atoms with Gasteiger partial charge in [0.05, 0.1) is 12.2 Å². The monoisotopic (exact) mass is 365 g/mol. The van der Waals surface area contributed by atoms with E-state index in [2.05, 4.69) is 31.9 Å². The molecule has 114 valence electrons. The lowest BCUT2D eigenvalue weighted by atomic mass is 10.3. The number of imide groups is 1. The van der Waals surface area contributed by atoms with E-state index in [1.165, 1.54) is 18.2 Å². The normalized spacial score (nSPS) is 9.91. The van der Waals surface area contributed by atoms with E-state index in [0.717, 1.165) is 10.2 Å². The third-order valence-corrected chi connectivity index (χ3v) is 3.20. The zero-order valence-electron chi connectivity index (χ0n) is 11.4. The van der Waals surface area contributed by atoms with Crippen LogP contribution in [-0.2, 0) is 4.79 Å². The molecule has 0 aliphatic rings. The molecule has 2 aromatic carbocycles. The Bertz CT molecular complexity index is 677. The van der Waals surface area contributed by atoms with Crippen LogP contribution in [0.15, 0.2) is 53.0 Å². The second kappa shape index (κ2) is 7.56. The van der Waals surface area contributed by atoms with Crippen LogP contribution in [0.4, 0.5) is 20.6 Å². The highest BCUT2D eigenvalue weighted by Gasteiger charge is 2.09. The van der Waals surface area contributed by atoms with E-state index in [-0.39, 0.29) is 12.2 Å².